The number of likely N-dealkylation sites (tertiary alicyclic amines) is 1. The van der Waals surface area contributed by atoms with Gasteiger partial charge in [-0.1, -0.05) is 37.3 Å². The number of aliphatic hydroxyl groups excluding tert-OH is 1. The number of hydrogen-bond acceptors (Lipinski definition) is 3. The van der Waals surface area contributed by atoms with Crippen LogP contribution in [-0.4, -0.2) is 62.3 Å². The highest BCUT2D eigenvalue weighted by Crippen LogP contribution is 2.15. The molecular weight excluding hydrogens is 451 g/mol. The molecule has 0 amide bonds. The molecule has 1 aromatic carbocycles. The third-order valence-electron chi connectivity index (χ3n) is 5.17. The monoisotopic (exact) mass is 488 g/mol. The summed E-state index contributed by atoms with van der Waals surface area (Å²) in [6, 6.07) is 10.1. The summed E-state index contributed by atoms with van der Waals surface area (Å²) in [6.07, 6.45) is 5.11. The van der Waals surface area contributed by atoms with Gasteiger partial charge in [0.1, 0.15) is 0 Å². The smallest absolute Gasteiger partial charge is 0.190 e. The van der Waals surface area contributed by atoms with Crippen LogP contribution in [0, 0.1) is 5.92 Å². The van der Waals surface area contributed by atoms with Crippen molar-refractivity contribution in [3.05, 3.63) is 35.9 Å². The van der Waals surface area contributed by atoms with Crippen molar-refractivity contribution in [3.63, 3.8) is 0 Å². The number of hydrogen-bond donors (Lipinski definition) is 3. The van der Waals surface area contributed by atoms with E-state index in [2.05, 4.69) is 39.6 Å². The fraction of sp³-hybridized carbons (Fsp3) is 0.667. The SMILES string of the molecule is CN=C(NCCCCN1CCCC(C)C1)NCC(CO)c1ccccc1.I. The van der Waals surface area contributed by atoms with E-state index in [0.29, 0.717) is 6.54 Å². The molecule has 0 aliphatic carbocycles. The van der Waals surface area contributed by atoms with Crippen LogP contribution in [0.4, 0.5) is 0 Å². The molecule has 0 radical (unpaired) electrons. The molecule has 1 aliphatic rings. The molecule has 2 rings (SSSR count). The van der Waals surface area contributed by atoms with Crippen LogP contribution in [0.15, 0.2) is 35.3 Å². The number of rotatable bonds is 9. The number of nitrogens with zero attached hydrogens (tertiary/aromatic N) is 2. The molecule has 6 heteroatoms. The Morgan fingerprint density at radius 3 is 2.70 bits per heavy atom. The summed E-state index contributed by atoms with van der Waals surface area (Å²) in [4.78, 5) is 6.89. The summed E-state index contributed by atoms with van der Waals surface area (Å²) >= 11 is 0. The number of guanidine groups is 1. The minimum absolute atomic E-state index is 0. The minimum atomic E-state index is 0. The van der Waals surface area contributed by atoms with Gasteiger partial charge in [0, 0.05) is 32.6 Å². The molecule has 1 fully saturated rings. The summed E-state index contributed by atoms with van der Waals surface area (Å²) in [5.41, 5.74) is 1.15. The van der Waals surface area contributed by atoms with Gasteiger partial charge in [-0.3, -0.25) is 4.99 Å². The van der Waals surface area contributed by atoms with Crippen LogP contribution in [0.1, 0.15) is 44.1 Å². The van der Waals surface area contributed by atoms with Crippen LogP contribution in [0.5, 0.6) is 0 Å². The van der Waals surface area contributed by atoms with Gasteiger partial charge in [0.05, 0.1) is 6.61 Å². The highest BCUT2D eigenvalue weighted by molar-refractivity contribution is 14.0. The molecule has 0 spiro atoms. The third kappa shape index (κ3) is 9.25. The van der Waals surface area contributed by atoms with Crippen molar-refractivity contribution in [1.82, 2.24) is 15.5 Å². The number of aliphatic hydroxyl groups is 1. The van der Waals surface area contributed by atoms with E-state index < -0.39 is 0 Å². The number of nitrogens with one attached hydrogen (secondary N) is 2. The normalized spacial score (nSPS) is 19.2. The Hall–Kier alpha value is -0.860. The second kappa shape index (κ2) is 14.2. The predicted molar refractivity (Wildman–Crippen MR) is 125 cm³/mol. The van der Waals surface area contributed by atoms with Crippen LogP contribution in [0.25, 0.3) is 0 Å². The number of unbranched alkanes of at least 4 members (excludes halogenated alkanes) is 1. The quantitative estimate of drug-likeness (QED) is 0.217. The maximum Gasteiger partial charge on any atom is 0.190 e. The lowest BCUT2D eigenvalue weighted by molar-refractivity contribution is 0.181. The largest absolute Gasteiger partial charge is 0.396 e. The van der Waals surface area contributed by atoms with Gasteiger partial charge < -0.3 is 20.6 Å². The maximum absolute atomic E-state index is 9.65. The highest BCUT2D eigenvalue weighted by atomic mass is 127. The van der Waals surface area contributed by atoms with Crippen LogP contribution >= 0.6 is 24.0 Å². The van der Waals surface area contributed by atoms with E-state index in [0.717, 1.165) is 30.4 Å². The molecular formula is C21H37IN4O. The molecule has 3 N–H and O–H groups in total. The average Bonchev–Trinajstić information content (AvgIpc) is 2.67. The van der Waals surface area contributed by atoms with Crippen molar-refractivity contribution in [2.45, 2.75) is 38.5 Å². The topological polar surface area (TPSA) is 59.9 Å². The second-order valence-electron chi connectivity index (χ2n) is 7.43. The zero-order valence-electron chi connectivity index (χ0n) is 16.9. The second-order valence-corrected chi connectivity index (χ2v) is 7.43. The van der Waals surface area contributed by atoms with Gasteiger partial charge in [0.25, 0.3) is 0 Å². The van der Waals surface area contributed by atoms with Gasteiger partial charge in [-0.05, 0) is 50.3 Å². The Balaban J connectivity index is 0.00000364. The molecule has 1 heterocycles. The van der Waals surface area contributed by atoms with E-state index in [1.807, 2.05) is 18.2 Å². The fourth-order valence-electron chi connectivity index (χ4n) is 3.61. The molecule has 1 aromatic rings. The van der Waals surface area contributed by atoms with Crippen LogP contribution in [0.3, 0.4) is 0 Å². The molecule has 5 nitrogen and oxygen atoms in total. The lowest BCUT2D eigenvalue weighted by Crippen LogP contribution is -2.40. The van der Waals surface area contributed by atoms with E-state index in [1.165, 1.54) is 38.9 Å². The van der Waals surface area contributed by atoms with Crippen LogP contribution in [0.2, 0.25) is 0 Å². The summed E-state index contributed by atoms with van der Waals surface area (Å²) < 4.78 is 0. The van der Waals surface area contributed by atoms with E-state index in [4.69, 9.17) is 0 Å². The van der Waals surface area contributed by atoms with E-state index in [9.17, 15) is 5.11 Å². The standard InChI is InChI=1S/C21H36N4O.HI/c1-18-9-8-14-25(16-18)13-7-6-12-23-21(22-2)24-15-20(17-26)19-10-4-3-5-11-19;/h3-5,10-11,18,20,26H,6-9,12-17H2,1-2H3,(H2,22,23,24);1H. The number of halogens is 1. The predicted octanol–water partition coefficient (Wildman–Crippen LogP) is 3.06. The Kier molecular flexibility index (Phi) is 12.7. The first-order chi connectivity index (χ1) is 12.7. The number of piperidine rings is 1. The summed E-state index contributed by atoms with van der Waals surface area (Å²) in [6.45, 7) is 7.82. The minimum Gasteiger partial charge on any atom is -0.396 e. The van der Waals surface area contributed by atoms with E-state index in [1.54, 1.807) is 7.05 Å². The van der Waals surface area contributed by atoms with Gasteiger partial charge in [0.2, 0.25) is 0 Å². The van der Waals surface area contributed by atoms with E-state index >= 15 is 0 Å². The van der Waals surface area contributed by atoms with E-state index in [-0.39, 0.29) is 36.5 Å². The molecule has 27 heavy (non-hydrogen) atoms. The first kappa shape index (κ1) is 24.2. The maximum atomic E-state index is 9.65. The third-order valence-corrected chi connectivity index (χ3v) is 5.17. The Morgan fingerprint density at radius 2 is 2.04 bits per heavy atom. The summed E-state index contributed by atoms with van der Waals surface area (Å²) in [7, 11) is 1.79. The van der Waals surface area contributed by atoms with Crippen LogP contribution in [-0.2, 0) is 0 Å². The van der Waals surface area contributed by atoms with Gasteiger partial charge in [-0.2, -0.15) is 0 Å². The van der Waals surface area contributed by atoms with Crippen molar-refractivity contribution >= 4 is 29.9 Å². The van der Waals surface area contributed by atoms with Crippen molar-refractivity contribution in [3.8, 4) is 0 Å². The van der Waals surface area contributed by atoms with Crippen molar-refractivity contribution in [2.24, 2.45) is 10.9 Å². The van der Waals surface area contributed by atoms with Gasteiger partial charge in [-0.15, -0.1) is 24.0 Å². The zero-order chi connectivity index (χ0) is 18.6. The molecule has 1 aliphatic heterocycles. The molecule has 0 saturated carbocycles. The Morgan fingerprint density at radius 1 is 1.26 bits per heavy atom. The summed E-state index contributed by atoms with van der Waals surface area (Å²) in [5.74, 6) is 1.75. The molecule has 2 atom stereocenters. The van der Waals surface area contributed by atoms with Crippen molar-refractivity contribution < 1.29 is 5.11 Å². The van der Waals surface area contributed by atoms with Crippen molar-refractivity contribution in [1.29, 1.82) is 0 Å². The summed E-state index contributed by atoms with van der Waals surface area (Å²) in [5, 5.41) is 16.4. The lowest BCUT2D eigenvalue weighted by atomic mass is 10.0. The molecule has 1 saturated heterocycles. The van der Waals surface area contributed by atoms with Gasteiger partial charge >= 0.3 is 0 Å². The molecule has 2 unspecified atom stereocenters. The lowest BCUT2D eigenvalue weighted by Gasteiger charge is -2.30. The van der Waals surface area contributed by atoms with Crippen LogP contribution < -0.4 is 10.6 Å². The Labute approximate surface area is 182 Å². The van der Waals surface area contributed by atoms with Crippen molar-refractivity contribution in [2.75, 3.05) is 46.4 Å². The number of aliphatic imine (C=N–C) groups is 1. The molecule has 154 valence electrons. The fourth-order valence-corrected chi connectivity index (χ4v) is 3.61. The zero-order valence-corrected chi connectivity index (χ0v) is 19.2. The molecule has 0 bridgehead atoms. The number of benzene rings is 1. The first-order valence-corrected chi connectivity index (χ1v) is 10.1. The molecule has 0 aromatic heterocycles. The highest BCUT2D eigenvalue weighted by Gasteiger charge is 2.15. The van der Waals surface area contributed by atoms with Gasteiger partial charge in [0.15, 0.2) is 5.96 Å². The average molecular weight is 488 g/mol. The van der Waals surface area contributed by atoms with Gasteiger partial charge in [-0.25, -0.2) is 0 Å². The Bertz CT molecular complexity index is 526. The first-order valence-electron chi connectivity index (χ1n) is 10.1.